The number of carbonyl (C=O) groups is 1. The highest BCUT2D eigenvalue weighted by Crippen LogP contribution is 2.21. The second-order valence-corrected chi connectivity index (χ2v) is 7.80. The minimum absolute atomic E-state index is 0.0123. The zero-order chi connectivity index (χ0) is 16.6. The van der Waals surface area contributed by atoms with Crippen LogP contribution in [0.4, 0.5) is 5.69 Å². The number of amides is 1. The van der Waals surface area contributed by atoms with E-state index in [9.17, 15) is 13.2 Å². The number of benzene rings is 1. The van der Waals surface area contributed by atoms with Gasteiger partial charge in [-0.1, -0.05) is 25.0 Å². The lowest BCUT2D eigenvalue weighted by molar-refractivity contribution is -0.116. The van der Waals surface area contributed by atoms with Crippen LogP contribution in [0, 0.1) is 6.92 Å². The van der Waals surface area contributed by atoms with Crippen molar-refractivity contribution in [2.45, 2.75) is 44.8 Å². The van der Waals surface area contributed by atoms with E-state index >= 15 is 0 Å². The van der Waals surface area contributed by atoms with E-state index in [4.69, 9.17) is 5.73 Å². The summed E-state index contributed by atoms with van der Waals surface area (Å²) >= 11 is 0. The number of anilines is 1. The molecule has 1 amide bonds. The molecule has 0 bridgehead atoms. The third kappa shape index (κ3) is 7.04. The van der Waals surface area contributed by atoms with Gasteiger partial charge in [-0.2, -0.15) is 0 Å². The zero-order valence-electron chi connectivity index (χ0n) is 13.4. The Morgan fingerprint density at radius 2 is 1.86 bits per heavy atom. The number of nitrogens with one attached hydrogen (secondary N) is 1. The first kappa shape index (κ1) is 18.6. The molecule has 0 spiro atoms. The maximum atomic E-state index is 11.9. The SMILES string of the molecule is Cc1c(CS(C)(=O)=O)cccc1NC(=O)CCCCCCN. The lowest BCUT2D eigenvalue weighted by Gasteiger charge is -2.12. The Morgan fingerprint density at radius 3 is 2.50 bits per heavy atom. The molecule has 22 heavy (non-hydrogen) atoms. The number of sulfone groups is 1. The lowest BCUT2D eigenvalue weighted by Crippen LogP contribution is -2.13. The summed E-state index contributed by atoms with van der Waals surface area (Å²) in [6.45, 7) is 2.52. The van der Waals surface area contributed by atoms with Crippen molar-refractivity contribution < 1.29 is 13.2 Å². The van der Waals surface area contributed by atoms with Crippen LogP contribution in [0.2, 0.25) is 0 Å². The molecule has 0 heterocycles. The summed E-state index contributed by atoms with van der Waals surface area (Å²) in [6, 6.07) is 5.34. The molecule has 1 aromatic carbocycles. The largest absolute Gasteiger partial charge is 0.330 e. The summed E-state index contributed by atoms with van der Waals surface area (Å²) in [7, 11) is -3.09. The molecule has 5 nitrogen and oxygen atoms in total. The Morgan fingerprint density at radius 1 is 1.18 bits per heavy atom. The quantitative estimate of drug-likeness (QED) is 0.682. The fourth-order valence-electron chi connectivity index (χ4n) is 2.25. The summed E-state index contributed by atoms with van der Waals surface area (Å²) in [6.07, 6.45) is 5.56. The Balaban J connectivity index is 2.58. The van der Waals surface area contributed by atoms with Crippen LogP contribution in [0.25, 0.3) is 0 Å². The highest BCUT2D eigenvalue weighted by Gasteiger charge is 2.11. The van der Waals surface area contributed by atoms with Crippen LogP contribution in [0.3, 0.4) is 0 Å². The van der Waals surface area contributed by atoms with Crippen LogP contribution in [-0.2, 0) is 20.4 Å². The fraction of sp³-hybridized carbons (Fsp3) is 0.562. The van der Waals surface area contributed by atoms with Crippen molar-refractivity contribution in [1.29, 1.82) is 0 Å². The van der Waals surface area contributed by atoms with Gasteiger partial charge in [0.25, 0.3) is 0 Å². The Bertz CT molecular complexity index is 597. The molecule has 124 valence electrons. The Kier molecular flexibility index (Phi) is 7.55. The van der Waals surface area contributed by atoms with Gasteiger partial charge in [0.05, 0.1) is 5.75 Å². The van der Waals surface area contributed by atoms with Crippen LogP contribution in [0.5, 0.6) is 0 Å². The van der Waals surface area contributed by atoms with E-state index in [1.54, 1.807) is 18.2 Å². The van der Waals surface area contributed by atoms with Gasteiger partial charge >= 0.3 is 0 Å². The van der Waals surface area contributed by atoms with E-state index in [-0.39, 0.29) is 11.7 Å². The van der Waals surface area contributed by atoms with Gasteiger partial charge in [0, 0.05) is 18.4 Å². The lowest BCUT2D eigenvalue weighted by atomic mass is 10.1. The maximum absolute atomic E-state index is 11.9. The first-order chi connectivity index (χ1) is 10.3. The molecule has 6 heteroatoms. The molecule has 3 N–H and O–H groups in total. The van der Waals surface area contributed by atoms with Crippen LogP contribution >= 0.6 is 0 Å². The summed E-state index contributed by atoms with van der Waals surface area (Å²) in [5.41, 5.74) is 7.65. The monoisotopic (exact) mass is 326 g/mol. The summed E-state index contributed by atoms with van der Waals surface area (Å²) in [5.74, 6) is -0.0471. The second kappa shape index (κ2) is 8.90. The van der Waals surface area contributed by atoms with Gasteiger partial charge in [-0.15, -0.1) is 0 Å². The van der Waals surface area contributed by atoms with Crippen molar-refractivity contribution in [3.8, 4) is 0 Å². The van der Waals surface area contributed by atoms with E-state index in [1.807, 2.05) is 6.92 Å². The van der Waals surface area contributed by atoms with Crippen molar-refractivity contribution in [2.24, 2.45) is 5.73 Å². The predicted molar refractivity (Wildman–Crippen MR) is 90.5 cm³/mol. The summed E-state index contributed by atoms with van der Waals surface area (Å²) < 4.78 is 22.8. The molecule has 0 saturated heterocycles. The number of hydrogen-bond donors (Lipinski definition) is 2. The highest BCUT2D eigenvalue weighted by atomic mass is 32.2. The highest BCUT2D eigenvalue weighted by molar-refractivity contribution is 7.89. The molecule has 0 radical (unpaired) electrons. The first-order valence-electron chi connectivity index (χ1n) is 7.59. The molecule has 0 atom stereocenters. The van der Waals surface area contributed by atoms with Crippen LogP contribution in [0.1, 0.15) is 43.2 Å². The molecule has 0 unspecified atom stereocenters. The number of unbranched alkanes of at least 4 members (excludes halogenated alkanes) is 3. The average Bonchev–Trinajstić information content (AvgIpc) is 2.41. The number of hydrogen-bond acceptors (Lipinski definition) is 4. The molecule has 0 aliphatic heterocycles. The minimum atomic E-state index is -3.09. The molecule has 0 aromatic heterocycles. The summed E-state index contributed by atoms with van der Waals surface area (Å²) in [5, 5.41) is 2.87. The van der Waals surface area contributed by atoms with Gasteiger partial charge in [0.1, 0.15) is 0 Å². The average molecular weight is 326 g/mol. The molecule has 0 saturated carbocycles. The van der Waals surface area contributed by atoms with Crippen molar-refractivity contribution in [3.63, 3.8) is 0 Å². The number of rotatable bonds is 9. The molecular formula is C16H26N2O3S. The van der Waals surface area contributed by atoms with Crippen LogP contribution in [-0.4, -0.2) is 27.1 Å². The van der Waals surface area contributed by atoms with Crippen molar-refractivity contribution >= 4 is 21.4 Å². The molecule has 0 fully saturated rings. The fourth-order valence-corrected chi connectivity index (χ4v) is 3.13. The van der Waals surface area contributed by atoms with E-state index in [0.29, 0.717) is 18.7 Å². The van der Waals surface area contributed by atoms with Gasteiger partial charge < -0.3 is 11.1 Å². The second-order valence-electron chi connectivity index (χ2n) is 5.66. The molecular weight excluding hydrogens is 300 g/mol. The predicted octanol–water partition coefficient (Wildman–Crippen LogP) is 2.39. The summed E-state index contributed by atoms with van der Waals surface area (Å²) in [4.78, 5) is 11.9. The molecule has 0 aliphatic rings. The minimum Gasteiger partial charge on any atom is -0.330 e. The molecule has 0 aliphatic carbocycles. The Hall–Kier alpha value is -1.40. The van der Waals surface area contributed by atoms with Gasteiger partial charge in [-0.05, 0) is 43.5 Å². The number of carbonyl (C=O) groups excluding carboxylic acids is 1. The third-order valence-electron chi connectivity index (χ3n) is 3.50. The topological polar surface area (TPSA) is 89.3 Å². The Labute approximate surface area is 133 Å². The van der Waals surface area contributed by atoms with Crippen molar-refractivity contribution in [2.75, 3.05) is 18.1 Å². The standard InChI is InChI=1S/C16H26N2O3S/c1-13-14(12-22(2,20)21)8-7-9-15(13)18-16(19)10-5-3-4-6-11-17/h7-9H,3-6,10-12,17H2,1-2H3,(H,18,19). The first-order valence-corrected chi connectivity index (χ1v) is 9.65. The zero-order valence-corrected chi connectivity index (χ0v) is 14.2. The van der Waals surface area contributed by atoms with E-state index in [2.05, 4.69) is 5.32 Å². The molecule has 1 aromatic rings. The van der Waals surface area contributed by atoms with Crippen LogP contribution in [0.15, 0.2) is 18.2 Å². The van der Waals surface area contributed by atoms with E-state index in [1.165, 1.54) is 6.26 Å². The van der Waals surface area contributed by atoms with Gasteiger partial charge in [-0.25, -0.2) is 8.42 Å². The van der Waals surface area contributed by atoms with Crippen LogP contribution < -0.4 is 11.1 Å². The van der Waals surface area contributed by atoms with Gasteiger partial charge in [0.2, 0.25) is 5.91 Å². The third-order valence-corrected chi connectivity index (χ3v) is 4.33. The van der Waals surface area contributed by atoms with Gasteiger partial charge in [0.15, 0.2) is 9.84 Å². The van der Waals surface area contributed by atoms with Gasteiger partial charge in [-0.3, -0.25) is 4.79 Å². The normalized spacial score (nSPS) is 11.4. The number of nitrogens with two attached hydrogens (primary N) is 1. The maximum Gasteiger partial charge on any atom is 0.224 e. The van der Waals surface area contributed by atoms with E-state index < -0.39 is 9.84 Å². The van der Waals surface area contributed by atoms with Crippen molar-refractivity contribution in [1.82, 2.24) is 0 Å². The smallest absolute Gasteiger partial charge is 0.224 e. The van der Waals surface area contributed by atoms with E-state index in [0.717, 1.165) is 36.8 Å². The molecule has 1 rings (SSSR count). The van der Waals surface area contributed by atoms with Crippen molar-refractivity contribution in [3.05, 3.63) is 29.3 Å².